The van der Waals surface area contributed by atoms with Gasteiger partial charge < -0.3 is 0 Å². The van der Waals surface area contributed by atoms with E-state index in [0.717, 1.165) is 12.8 Å². The second kappa shape index (κ2) is 6.27. The summed E-state index contributed by atoms with van der Waals surface area (Å²) < 4.78 is 1.44. The third kappa shape index (κ3) is 2.91. The van der Waals surface area contributed by atoms with E-state index in [1.54, 1.807) is 0 Å². The first kappa shape index (κ1) is 16.5. The second-order valence-electron chi connectivity index (χ2n) is 6.76. The highest BCUT2D eigenvalue weighted by Crippen LogP contribution is 2.49. The summed E-state index contributed by atoms with van der Waals surface area (Å²) >= 11 is 2.43. The Balaban J connectivity index is 2.05. The van der Waals surface area contributed by atoms with Gasteiger partial charge in [0.05, 0.1) is 0 Å². The molecule has 0 atom stereocenters. The lowest BCUT2D eigenvalue weighted by Crippen LogP contribution is -2.15. The maximum atomic E-state index is 4.39. The Morgan fingerprint density at radius 3 is 2.52 bits per heavy atom. The van der Waals surface area contributed by atoms with Crippen molar-refractivity contribution in [3.8, 4) is 0 Å². The van der Waals surface area contributed by atoms with Crippen LogP contribution >= 0.6 is 22.6 Å². The van der Waals surface area contributed by atoms with Crippen LogP contribution in [0.1, 0.15) is 44.7 Å². The molecule has 0 radical (unpaired) electrons. The van der Waals surface area contributed by atoms with Gasteiger partial charge in [-0.15, -0.1) is 0 Å². The summed E-state index contributed by atoms with van der Waals surface area (Å²) in [5, 5.41) is 0. The zero-order valence-electron chi connectivity index (χ0n) is 14.1. The number of halogens is 1. The average Bonchev–Trinajstić information content (AvgIpc) is 2.74. The van der Waals surface area contributed by atoms with Gasteiger partial charge in [-0.2, -0.15) is 0 Å². The molecule has 3 rings (SSSR count). The van der Waals surface area contributed by atoms with Crippen LogP contribution in [-0.2, 0) is 5.41 Å². The van der Waals surface area contributed by atoms with Crippen molar-refractivity contribution >= 4 is 28.2 Å². The lowest BCUT2D eigenvalue weighted by molar-refractivity contribution is 0.660. The van der Waals surface area contributed by atoms with Crippen LogP contribution < -0.4 is 0 Å². The number of hydrogen-bond acceptors (Lipinski definition) is 0. The van der Waals surface area contributed by atoms with Crippen molar-refractivity contribution in [2.75, 3.05) is 0 Å². The molecule has 0 fully saturated rings. The van der Waals surface area contributed by atoms with Crippen molar-refractivity contribution in [1.82, 2.24) is 0 Å². The van der Waals surface area contributed by atoms with E-state index in [0.29, 0.717) is 0 Å². The molecule has 0 nitrogen and oxygen atoms in total. The first-order valence-corrected chi connectivity index (χ1v) is 9.26. The largest absolute Gasteiger partial charge is 0.0908 e. The fourth-order valence-corrected chi connectivity index (χ4v) is 4.04. The van der Waals surface area contributed by atoms with Gasteiger partial charge in [0, 0.05) is 5.41 Å². The minimum absolute atomic E-state index is 0.0153. The molecule has 0 spiro atoms. The molecule has 0 unspecified atom stereocenters. The van der Waals surface area contributed by atoms with Crippen molar-refractivity contribution in [2.45, 2.75) is 39.0 Å². The lowest BCUT2D eigenvalue weighted by atomic mass is 9.80. The minimum atomic E-state index is 0.0153. The van der Waals surface area contributed by atoms with E-state index < -0.39 is 0 Å². The topological polar surface area (TPSA) is 0 Å². The molecule has 2 aliphatic carbocycles. The van der Waals surface area contributed by atoms with Crippen LogP contribution in [-0.4, -0.2) is 0 Å². The molecule has 0 amide bonds. The Hall–Kier alpha value is -1.35. The molecule has 1 aromatic rings. The zero-order valence-corrected chi connectivity index (χ0v) is 16.3. The molecule has 0 aliphatic heterocycles. The number of benzene rings is 1. The fourth-order valence-electron chi connectivity index (χ4n) is 3.60. The van der Waals surface area contributed by atoms with Gasteiger partial charge in [-0.3, -0.25) is 0 Å². The van der Waals surface area contributed by atoms with Crippen LogP contribution in [0.5, 0.6) is 0 Å². The standard InChI is InChI=1S/C22H23I/c1-5-16(17-10-12-18(23)13-11-17)14-21-15(2)19-8-6-7-9-20(19)22(21,3)4/h5-10,12,14H,2,11,13H2,1,3-4H3/b16-5+,21-14+. The van der Waals surface area contributed by atoms with Gasteiger partial charge in [-0.1, -0.05) is 69.0 Å². The lowest BCUT2D eigenvalue weighted by Gasteiger charge is -2.23. The summed E-state index contributed by atoms with van der Waals surface area (Å²) in [6.45, 7) is 11.1. The Labute approximate surface area is 153 Å². The van der Waals surface area contributed by atoms with E-state index in [4.69, 9.17) is 0 Å². The van der Waals surface area contributed by atoms with E-state index in [9.17, 15) is 0 Å². The molecule has 0 bridgehead atoms. The highest BCUT2D eigenvalue weighted by molar-refractivity contribution is 14.1. The maximum Gasteiger partial charge on any atom is 0.0158 e. The van der Waals surface area contributed by atoms with Crippen molar-refractivity contribution in [2.24, 2.45) is 0 Å². The molecule has 0 saturated carbocycles. The first-order valence-electron chi connectivity index (χ1n) is 8.18. The van der Waals surface area contributed by atoms with Gasteiger partial charge >= 0.3 is 0 Å². The summed E-state index contributed by atoms with van der Waals surface area (Å²) in [4.78, 5) is 0. The SMILES string of the molecule is C=C1/C(=C\C(=C/C)C2=CC=C(I)CC2)C(C)(C)c2ccccc21. The van der Waals surface area contributed by atoms with Gasteiger partial charge in [0.25, 0.3) is 0 Å². The third-order valence-corrected chi connectivity index (χ3v) is 5.90. The second-order valence-corrected chi connectivity index (χ2v) is 8.14. The Morgan fingerprint density at radius 1 is 1.17 bits per heavy atom. The van der Waals surface area contributed by atoms with Crippen LogP contribution in [0.25, 0.3) is 5.57 Å². The Kier molecular flexibility index (Phi) is 4.50. The maximum absolute atomic E-state index is 4.39. The molecule has 2 aliphatic rings. The number of rotatable bonds is 2. The van der Waals surface area contributed by atoms with Crippen LogP contribution in [0.4, 0.5) is 0 Å². The molecule has 0 aromatic heterocycles. The van der Waals surface area contributed by atoms with E-state index in [-0.39, 0.29) is 5.41 Å². The Morgan fingerprint density at radius 2 is 1.91 bits per heavy atom. The fraction of sp³-hybridized carbons (Fsp3) is 0.273. The molecule has 1 aromatic carbocycles. The summed E-state index contributed by atoms with van der Waals surface area (Å²) in [6.07, 6.45) is 11.4. The van der Waals surface area contributed by atoms with Crippen LogP contribution in [0.2, 0.25) is 0 Å². The predicted molar refractivity (Wildman–Crippen MR) is 110 cm³/mol. The van der Waals surface area contributed by atoms with Crippen molar-refractivity contribution < 1.29 is 0 Å². The molecular weight excluding hydrogens is 391 g/mol. The molecule has 0 heterocycles. The van der Waals surface area contributed by atoms with Gasteiger partial charge in [0.15, 0.2) is 0 Å². The van der Waals surface area contributed by atoms with Crippen molar-refractivity contribution in [3.63, 3.8) is 0 Å². The van der Waals surface area contributed by atoms with Gasteiger partial charge in [0.2, 0.25) is 0 Å². The van der Waals surface area contributed by atoms with E-state index >= 15 is 0 Å². The van der Waals surface area contributed by atoms with Crippen molar-refractivity contribution in [1.29, 1.82) is 0 Å². The van der Waals surface area contributed by atoms with Crippen molar-refractivity contribution in [3.05, 3.63) is 86.6 Å². The van der Waals surface area contributed by atoms with Gasteiger partial charge in [-0.25, -0.2) is 0 Å². The quantitative estimate of drug-likeness (QED) is 0.462. The van der Waals surface area contributed by atoms with E-state index in [1.165, 1.54) is 37.0 Å². The number of fused-ring (bicyclic) bond motifs is 1. The minimum Gasteiger partial charge on any atom is -0.0908 e. The van der Waals surface area contributed by atoms with Gasteiger partial charge in [0.1, 0.15) is 0 Å². The highest BCUT2D eigenvalue weighted by atomic mass is 127. The molecule has 1 heteroatoms. The third-order valence-electron chi connectivity index (χ3n) is 5.00. The van der Waals surface area contributed by atoms with Gasteiger partial charge in [-0.05, 0) is 79.4 Å². The smallest absolute Gasteiger partial charge is 0.0158 e. The molecule has 23 heavy (non-hydrogen) atoms. The molecule has 0 saturated heterocycles. The molecular formula is C22H23I. The number of allylic oxidation sites excluding steroid dienone is 9. The molecule has 0 N–H and O–H groups in total. The molecule has 118 valence electrons. The predicted octanol–water partition coefficient (Wildman–Crippen LogP) is 6.90. The zero-order chi connectivity index (χ0) is 16.6. The normalized spacial score (nSPS) is 22.0. The summed E-state index contributed by atoms with van der Waals surface area (Å²) in [6, 6.07) is 8.67. The van der Waals surface area contributed by atoms with Crippen LogP contribution in [0.15, 0.2) is 75.4 Å². The Bertz CT molecular complexity index is 782. The number of hydrogen-bond donors (Lipinski definition) is 0. The summed E-state index contributed by atoms with van der Waals surface area (Å²) in [7, 11) is 0. The highest BCUT2D eigenvalue weighted by Gasteiger charge is 2.36. The average molecular weight is 414 g/mol. The van der Waals surface area contributed by atoms with E-state index in [1.807, 2.05) is 0 Å². The van der Waals surface area contributed by atoms with E-state index in [2.05, 4.69) is 98.5 Å². The summed E-state index contributed by atoms with van der Waals surface area (Å²) in [5.41, 5.74) is 7.98. The first-order chi connectivity index (χ1) is 10.9. The monoisotopic (exact) mass is 414 g/mol. The van der Waals surface area contributed by atoms with Crippen LogP contribution in [0, 0.1) is 0 Å². The van der Waals surface area contributed by atoms with Crippen LogP contribution in [0.3, 0.4) is 0 Å². The summed E-state index contributed by atoms with van der Waals surface area (Å²) in [5.74, 6) is 0.